The molecule has 0 spiro atoms. The maximum Gasteiger partial charge on any atom is 0.273 e. The summed E-state index contributed by atoms with van der Waals surface area (Å²) in [6.45, 7) is 14.6. The van der Waals surface area contributed by atoms with Crippen LogP contribution in [0.4, 0.5) is 0 Å². The Morgan fingerprint density at radius 2 is 1.11 bits per heavy atom. The Balaban J connectivity index is 2.05. The van der Waals surface area contributed by atoms with E-state index in [2.05, 4.69) is 0 Å². The summed E-state index contributed by atoms with van der Waals surface area (Å²) in [4.78, 5) is 27.2. The van der Waals surface area contributed by atoms with Crippen LogP contribution in [0.5, 0.6) is 0 Å². The maximum atomic E-state index is 13.8. The lowest BCUT2D eigenvalue weighted by Crippen LogP contribution is -2.41. The van der Waals surface area contributed by atoms with Crippen molar-refractivity contribution in [2.24, 2.45) is 5.92 Å². The summed E-state index contributed by atoms with van der Waals surface area (Å²) < 4.78 is 23.6. The third kappa shape index (κ3) is 3.60. The average Bonchev–Trinajstić information content (AvgIpc) is 3.03. The molecule has 2 saturated heterocycles. The first-order valence-corrected chi connectivity index (χ1v) is 12.3. The Hall–Kier alpha value is -0.160. The monoisotopic (exact) mass is 416 g/mol. The molecule has 0 amide bonds. The van der Waals surface area contributed by atoms with Gasteiger partial charge in [0, 0.05) is 0 Å². The molecule has 0 radical (unpaired) electrons. The van der Waals surface area contributed by atoms with Gasteiger partial charge in [0.2, 0.25) is 0 Å². The van der Waals surface area contributed by atoms with Gasteiger partial charge >= 0.3 is 0 Å². The van der Waals surface area contributed by atoms with E-state index in [-0.39, 0.29) is 5.92 Å². The van der Waals surface area contributed by atoms with Crippen molar-refractivity contribution in [3.8, 4) is 0 Å². The third-order valence-electron chi connectivity index (χ3n) is 6.00. The molecule has 0 aromatic heterocycles. The fraction of sp³-hybridized carbons (Fsp3) is 0.684. The molecule has 3 aliphatic rings. The lowest BCUT2D eigenvalue weighted by atomic mass is 9.90. The van der Waals surface area contributed by atoms with Gasteiger partial charge in [0.05, 0.1) is 5.92 Å². The smallest absolute Gasteiger partial charge is 0.273 e. The van der Waals surface area contributed by atoms with Crippen LogP contribution in [-0.2, 0) is 18.1 Å². The van der Waals surface area contributed by atoms with Crippen LogP contribution in [0.15, 0.2) is 35.4 Å². The van der Waals surface area contributed by atoms with Gasteiger partial charge in [-0.1, -0.05) is 24.3 Å². The summed E-state index contributed by atoms with van der Waals surface area (Å²) >= 11 is 0. The zero-order chi connectivity index (χ0) is 20.5. The minimum atomic E-state index is -3.72. The SMILES string of the molecule is CC1(C)O[P+]([O-])(/C=C(/C2C=CC=C2)[P+]2([O-])OC(C)(C)C(C)(C)O2)OC1(C)C. The number of hydrogen-bond acceptors (Lipinski definition) is 6. The molecule has 2 heterocycles. The Kier molecular flexibility index (Phi) is 4.92. The Labute approximate surface area is 163 Å². The third-order valence-corrected chi connectivity index (χ3v) is 10.7. The predicted molar refractivity (Wildman–Crippen MR) is 104 cm³/mol. The van der Waals surface area contributed by atoms with E-state index < -0.39 is 38.3 Å². The van der Waals surface area contributed by atoms with Crippen molar-refractivity contribution >= 4 is 15.9 Å². The minimum absolute atomic E-state index is 0.294. The fourth-order valence-electron chi connectivity index (χ4n) is 3.00. The molecule has 0 saturated carbocycles. The molecular formula is C19H30O6P2. The van der Waals surface area contributed by atoms with Gasteiger partial charge in [0.25, 0.3) is 15.9 Å². The summed E-state index contributed by atoms with van der Waals surface area (Å²) in [6.07, 6.45) is 7.40. The van der Waals surface area contributed by atoms with Crippen LogP contribution >= 0.6 is 15.9 Å². The Morgan fingerprint density at radius 3 is 1.52 bits per heavy atom. The highest BCUT2D eigenvalue weighted by atomic mass is 31.2. The van der Waals surface area contributed by atoms with Crippen molar-refractivity contribution in [3.63, 3.8) is 0 Å². The van der Waals surface area contributed by atoms with E-state index in [0.717, 1.165) is 0 Å². The lowest BCUT2D eigenvalue weighted by Gasteiger charge is -2.28. The van der Waals surface area contributed by atoms with Gasteiger partial charge in [-0.15, -0.1) is 0 Å². The first-order valence-electron chi connectivity index (χ1n) is 9.14. The van der Waals surface area contributed by atoms with Crippen molar-refractivity contribution in [3.05, 3.63) is 35.4 Å². The fourth-order valence-corrected chi connectivity index (χ4v) is 8.77. The number of rotatable bonds is 3. The molecule has 0 unspecified atom stereocenters. The molecule has 152 valence electrons. The van der Waals surface area contributed by atoms with Gasteiger partial charge in [0.15, 0.2) is 11.1 Å². The standard InChI is InChI=1S/C19H30O6P2/c1-16(2)17(3,4)23-26(20,22-16)13-15(14-11-9-10-12-14)27(21)24-18(5,6)19(7,8)25-27/h9-14H,1-8H3/b15-13-. The predicted octanol–water partition coefficient (Wildman–Crippen LogP) is 4.02. The topological polar surface area (TPSA) is 83.0 Å². The van der Waals surface area contributed by atoms with Crippen molar-refractivity contribution in [2.75, 3.05) is 0 Å². The van der Waals surface area contributed by atoms with Gasteiger partial charge in [-0.2, -0.15) is 18.1 Å². The van der Waals surface area contributed by atoms with Crippen molar-refractivity contribution in [2.45, 2.75) is 77.8 Å². The summed E-state index contributed by atoms with van der Waals surface area (Å²) in [7, 11) is -7.39. The second-order valence-electron chi connectivity index (χ2n) is 9.29. The van der Waals surface area contributed by atoms with Crippen LogP contribution in [0.3, 0.4) is 0 Å². The molecule has 0 aromatic carbocycles. The molecule has 8 heteroatoms. The molecule has 0 N–H and O–H groups in total. The second kappa shape index (κ2) is 6.17. The highest BCUT2D eigenvalue weighted by molar-refractivity contribution is 7.67. The first kappa shape index (κ1) is 21.5. The van der Waals surface area contributed by atoms with E-state index in [1.54, 1.807) is 0 Å². The van der Waals surface area contributed by atoms with Crippen LogP contribution in [0.1, 0.15) is 55.4 Å². The molecule has 6 nitrogen and oxygen atoms in total. The molecule has 2 fully saturated rings. The molecule has 0 aromatic rings. The number of hydrogen-bond donors (Lipinski definition) is 0. The summed E-state index contributed by atoms with van der Waals surface area (Å²) in [5, 5.41) is 0.294. The van der Waals surface area contributed by atoms with Gasteiger partial charge in [0.1, 0.15) is 22.4 Å². The zero-order valence-electron chi connectivity index (χ0n) is 17.3. The van der Waals surface area contributed by atoms with E-state index in [4.69, 9.17) is 18.1 Å². The Morgan fingerprint density at radius 1 is 0.741 bits per heavy atom. The van der Waals surface area contributed by atoms with Gasteiger partial charge in [-0.3, -0.25) is 0 Å². The highest BCUT2D eigenvalue weighted by Crippen LogP contribution is 2.77. The average molecular weight is 416 g/mol. The van der Waals surface area contributed by atoms with Crippen LogP contribution in [0.2, 0.25) is 0 Å². The lowest BCUT2D eigenvalue weighted by molar-refractivity contribution is -0.212. The van der Waals surface area contributed by atoms with E-state index in [0.29, 0.717) is 5.31 Å². The zero-order valence-corrected chi connectivity index (χ0v) is 19.1. The van der Waals surface area contributed by atoms with Gasteiger partial charge < -0.3 is 9.79 Å². The molecule has 27 heavy (non-hydrogen) atoms. The van der Waals surface area contributed by atoms with Crippen LogP contribution in [0.25, 0.3) is 0 Å². The van der Waals surface area contributed by atoms with E-state index >= 15 is 0 Å². The van der Waals surface area contributed by atoms with E-state index in [9.17, 15) is 9.79 Å². The molecule has 0 atom stereocenters. The molecule has 2 aliphatic heterocycles. The van der Waals surface area contributed by atoms with Crippen LogP contribution < -0.4 is 9.79 Å². The quantitative estimate of drug-likeness (QED) is 0.646. The highest BCUT2D eigenvalue weighted by Gasteiger charge is 2.65. The van der Waals surface area contributed by atoms with Crippen molar-refractivity contribution in [1.29, 1.82) is 0 Å². The molecular weight excluding hydrogens is 386 g/mol. The first-order chi connectivity index (χ1) is 12.0. The van der Waals surface area contributed by atoms with Gasteiger partial charge in [-0.25, -0.2) is 0 Å². The van der Waals surface area contributed by atoms with E-state index in [1.807, 2.05) is 79.7 Å². The number of allylic oxidation sites excluding steroid dienone is 5. The Bertz CT molecular complexity index is 676. The molecule has 3 rings (SSSR count). The largest absolute Gasteiger partial charge is 0.627 e. The molecule has 0 bridgehead atoms. The summed E-state index contributed by atoms with van der Waals surface area (Å²) in [6, 6.07) is 0. The summed E-state index contributed by atoms with van der Waals surface area (Å²) in [5.74, 6) is 0.997. The van der Waals surface area contributed by atoms with Gasteiger partial charge in [-0.05, 0) is 55.4 Å². The van der Waals surface area contributed by atoms with Crippen molar-refractivity contribution in [1.82, 2.24) is 0 Å². The summed E-state index contributed by atoms with van der Waals surface area (Å²) in [5.41, 5.74) is -3.10. The van der Waals surface area contributed by atoms with Crippen molar-refractivity contribution < 1.29 is 27.9 Å². The normalized spacial score (nSPS) is 32.3. The van der Waals surface area contributed by atoms with Crippen LogP contribution in [0, 0.1) is 5.92 Å². The maximum absolute atomic E-state index is 13.8. The molecule has 1 aliphatic carbocycles. The second-order valence-corrected chi connectivity index (χ2v) is 12.9. The van der Waals surface area contributed by atoms with E-state index in [1.165, 1.54) is 5.82 Å². The van der Waals surface area contributed by atoms with Crippen LogP contribution in [-0.4, -0.2) is 22.4 Å². The minimum Gasteiger partial charge on any atom is -0.627 e.